The van der Waals surface area contributed by atoms with Gasteiger partial charge < -0.3 is 19.5 Å². The van der Waals surface area contributed by atoms with Gasteiger partial charge in [0.05, 0.1) is 22.7 Å². The number of anilines is 1. The lowest BCUT2D eigenvalue weighted by molar-refractivity contribution is -0.385. The second-order valence-corrected chi connectivity index (χ2v) is 9.72. The number of nitro benzene ring substituents is 1. The van der Waals surface area contributed by atoms with Crippen molar-refractivity contribution in [1.29, 1.82) is 0 Å². The van der Waals surface area contributed by atoms with Gasteiger partial charge in [0, 0.05) is 11.1 Å². The van der Waals surface area contributed by atoms with Gasteiger partial charge >= 0.3 is 17.6 Å². The molecule has 3 aromatic rings. The summed E-state index contributed by atoms with van der Waals surface area (Å²) in [6.07, 6.45) is 0.639. The summed E-state index contributed by atoms with van der Waals surface area (Å²) in [7, 11) is 0. The van der Waals surface area contributed by atoms with E-state index in [2.05, 4.69) is 5.32 Å². The number of amides is 1. The van der Waals surface area contributed by atoms with Gasteiger partial charge in [0.1, 0.15) is 10.8 Å². The van der Waals surface area contributed by atoms with Crippen LogP contribution in [0.3, 0.4) is 0 Å². The number of hydrogen-bond acceptors (Lipinski definition) is 9. The Morgan fingerprint density at radius 1 is 1.08 bits per heavy atom. The van der Waals surface area contributed by atoms with Crippen molar-refractivity contribution in [2.24, 2.45) is 5.92 Å². The number of nitrogens with one attached hydrogen (secondary N) is 1. The van der Waals surface area contributed by atoms with E-state index in [0.717, 1.165) is 5.56 Å². The van der Waals surface area contributed by atoms with E-state index < -0.39 is 29.4 Å². The number of ether oxygens (including phenoxy) is 3. The van der Waals surface area contributed by atoms with Crippen LogP contribution in [0.5, 0.6) is 11.5 Å². The number of halogens is 1. The zero-order valence-electron chi connectivity index (χ0n) is 20.8. The first-order valence-corrected chi connectivity index (χ1v) is 12.8. The molecule has 10 nitrogen and oxygen atoms in total. The molecule has 3 rings (SSSR count). The standard InChI is InChI=1S/C26H25ClN2O8S/c1-4-35-26(32)23-17(11-15(2)3)14-38-24(23)28-22(30)13-36-25(31)16-5-8-19(9-6-16)37-21-10-7-18(27)12-20(21)29(33)34/h5-10,12,14-15H,4,11,13H2,1-3H3,(H,28,30). The van der Waals surface area contributed by atoms with Gasteiger partial charge in [0.25, 0.3) is 5.91 Å². The molecule has 0 saturated carbocycles. The fraction of sp³-hybridized carbons (Fsp3) is 0.269. The molecule has 0 aliphatic heterocycles. The van der Waals surface area contributed by atoms with Crippen LogP contribution in [0.2, 0.25) is 5.02 Å². The molecule has 0 saturated heterocycles. The Kier molecular flexibility index (Phi) is 9.80. The van der Waals surface area contributed by atoms with E-state index >= 15 is 0 Å². The molecule has 0 aliphatic carbocycles. The number of hydrogen-bond donors (Lipinski definition) is 1. The Morgan fingerprint density at radius 2 is 1.79 bits per heavy atom. The maximum atomic E-state index is 12.5. The van der Waals surface area contributed by atoms with Crippen molar-refractivity contribution in [2.75, 3.05) is 18.5 Å². The van der Waals surface area contributed by atoms with Crippen molar-refractivity contribution in [3.63, 3.8) is 0 Å². The van der Waals surface area contributed by atoms with Gasteiger partial charge in [-0.25, -0.2) is 9.59 Å². The maximum absolute atomic E-state index is 12.5. The third kappa shape index (κ3) is 7.53. The molecule has 0 atom stereocenters. The highest BCUT2D eigenvalue weighted by Gasteiger charge is 2.23. The number of nitro groups is 1. The number of benzene rings is 2. The minimum atomic E-state index is -0.763. The monoisotopic (exact) mass is 560 g/mol. The molecule has 2 aromatic carbocycles. The van der Waals surface area contributed by atoms with Gasteiger partial charge in [0.2, 0.25) is 5.75 Å². The van der Waals surface area contributed by atoms with Crippen molar-refractivity contribution >= 4 is 51.5 Å². The van der Waals surface area contributed by atoms with Crippen molar-refractivity contribution < 1.29 is 33.5 Å². The second-order valence-electron chi connectivity index (χ2n) is 8.40. The van der Waals surface area contributed by atoms with Crippen molar-refractivity contribution in [3.05, 3.63) is 79.7 Å². The number of esters is 2. The Balaban J connectivity index is 1.61. The molecule has 0 spiro atoms. The number of nitrogens with zero attached hydrogens (tertiary/aromatic N) is 1. The summed E-state index contributed by atoms with van der Waals surface area (Å²) in [5.41, 5.74) is 0.919. The van der Waals surface area contributed by atoms with Crippen LogP contribution >= 0.6 is 22.9 Å². The van der Waals surface area contributed by atoms with E-state index in [1.807, 2.05) is 13.8 Å². The van der Waals surface area contributed by atoms with E-state index in [0.29, 0.717) is 22.9 Å². The van der Waals surface area contributed by atoms with Crippen LogP contribution in [0, 0.1) is 16.0 Å². The predicted octanol–water partition coefficient (Wildman–Crippen LogP) is 6.27. The van der Waals surface area contributed by atoms with E-state index in [4.69, 9.17) is 25.8 Å². The molecule has 38 heavy (non-hydrogen) atoms. The highest BCUT2D eigenvalue weighted by Crippen LogP contribution is 2.34. The van der Waals surface area contributed by atoms with Crippen LogP contribution in [-0.4, -0.2) is 36.0 Å². The molecular weight excluding hydrogens is 536 g/mol. The average molecular weight is 561 g/mol. The summed E-state index contributed by atoms with van der Waals surface area (Å²) in [6.45, 7) is 5.36. The second kappa shape index (κ2) is 13.0. The molecule has 12 heteroatoms. The maximum Gasteiger partial charge on any atom is 0.341 e. The normalized spacial score (nSPS) is 10.7. The van der Waals surface area contributed by atoms with E-state index in [9.17, 15) is 24.5 Å². The van der Waals surface area contributed by atoms with E-state index in [1.165, 1.54) is 53.8 Å². The summed E-state index contributed by atoms with van der Waals surface area (Å²) in [5, 5.41) is 16.2. The lowest BCUT2D eigenvalue weighted by Crippen LogP contribution is -2.22. The molecule has 1 heterocycles. The lowest BCUT2D eigenvalue weighted by Gasteiger charge is -2.10. The summed E-state index contributed by atoms with van der Waals surface area (Å²) in [4.78, 5) is 48.0. The predicted molar refractivity (Wildman–Crippen MR) is 142 cm³/mol. The average Bonchev–Trinajstić information content (AvgIpc) is 3.25. The fourth-order valence-corrected chi connectivity index (χ4v) is 4.53. The lowest BCUT2D eigenvalue weighted by atomic mass is 10.0. The first-order chi connectivity index (χ1) is 18.1. The molecule has 1 amide bonds. The van der Waals surface area contributed by atoms with Crippen LogP contribution < -0.4 is 10.1 Å². The highest BCUT2D eigenvalue weighted by atomic mass is 35.5. The third-order valence-electron chi connectivity index (χ3n) is 5.00. The molecule has 0 bridgehead atoms. The minimum absolute atomic E-state index is 0.0151. The first kappa shape index (κ1) is 28.6. The first-order valence-electron chi connectivity index (χ1n) is 11.5. The van der Waals surface area contributed by atoms with Gasteiger partial charge in [0.15, 0.2) is 6.61 Å². The summed E-state index contributed by atoms with van der Waals surface area (Å²) in [6, 6.07) is 9.66. The molecule has 1 N–H and O–H groups in total. The number of carbonyl (C=O) groups excluding carboxylic acids is 3. The van der Waals surface area contributed by atoms with Crippen molar-refractivity contribution in [3.8, 4) is 11.5 Å². The summed E-state index contributed by atoms with van der Waals surface area (Å²) >= 11 is 7.01. The largest absolute Gasteiger partial charge is 0.462 e. The molecule has 200 valence electrons. The van der Waals surface area contributed by atoms with E-state index in [1.54, 1.807) is 12.3 Å². The number of thiophene rings is 1. The van der Waals surface area contributed by atoms with Gasteiger partial charge in [-0.3, -0.25) is 14.9 Å². The Hall–Kier alpha value is -3.96. The molecule has 0 radical (unpaired) electrons. The van der Waals surface area contributed by atoms with Crippen LogP contribution in [0.15, 0.2) is 47.8 Å². The molecule has 0 unspecified atom stereocenters. The summed E-state index contributed by atoms with van der Waals surface area (Å²) < 4.78 is 15.8. The smallest absolute Gasteiger partial charge is 0.341 e. The zero-order chi connectivity index (χ0) is 27.8. The van der Waals surface area contributed by atoms with Crippen LogP contribution in [-0.2, 0) is 20.7 Å². The Morgan fingerprint density at radius 3 is 2.42 bits per heavy atom. The Bertz CT molecular complexity index is 1340. The zero-order valence-corrected chi connectivity index (χ0v) is 22.4. The SMILES string of the molecule is CCOC(=O)c1c(CC(C)C)csc1NC(=O)COC(=O)c1ccc(Oc2ccc(Cl)cc2[N+](=O)[O-])cc1. The number of rotatable bonds is 11. The van der Waals surface area contributed by atoms with Crippen LogP contribution in [0.25, 0.3) is 0 Å². The van der Waals surface area contributed by atoms with Crippen molar-refractivity contribution in [2.45, 2.75) is 27.2 Å². The van der Waals surface area contributed by atoms with E-state index in [-0.39, 0.29) is 34.4 Å². The molecule has 1 aromatic heterocycles. The Labute approximate surface area is 227 Å². The van der Waals surface area contributed by atoms with Gasteiger partial charge in [-0.1, -0.05) is 25.4 Å². The molecule has 0 aliphatic rings. The van der Waals surface area contributed by atoms with Crippen LogP contribution in [0.1, 0.15) is 47.1 Å². The topological polar surface area (TPSA) is 134 Å². The van der Waals surface area contributed by atoms with Gasteiger partial charge in [-0.2, -0.15) is 0 Å². The highest BCUT2D eigenvalue weighted by molar-refractivity contribution is 7.15. The van der Waals surface area contributed by atoms with Crippen LogP contribution in [0.4, 0.5) is 10.7 Å². The molecule has 0 fully saturated rings. The van der Waals surface area contributed by atoms with Gasteiger partial charge in [-0.05, 0) is 66.6 Å². The minimum Gasteiger partial charge on any atom is -0.462 e. The molecular formula is C26H25ClN2O8S. The quantitative estimate of drug-likeness (QED) is 0.165. The fourth-order valence-electron chi connectivity index (χ4n) is 3.39. The third-order valence-corrected chi connectivity index (χ3v) is 6.18. The summed E-state index contributed by atoms with van der Waals surface area (Å²) in [5.74, 6) is -1.38. The van der Waals surface area contributed by atoms with Crippen molar-refractivity contribution in [1.82, 2.24) is 0 Å². The van der Waals surface area contributed by atoms with Gasteiger partial charge in [-0.15, -0.1) is 11.3 Å². The number of carbonyl (C=O) groups is 3.